The molecule has 4 nitrogen and oxygen atoms in total. The Morgan fingerprint density at radius 1 is 1.26 bits per heavy atom. The first-order chi connectivity index (χ1) is 9.04. The highest BCUT2D eigenvalue weighted by Crippen LogP contribution is 2.38. The normalized spacial score (nSPS) is 15.3. The summed E-state index contributed by atoms with van der Waals surface area (Å²) in [5.41, 5.74) is 1.09. The number of carbonyl (C=O) groups is 1. The van der Waals surface area contributed by atoms with E-state index >= 15 is 0 Å². The second-order valence-corrected chi connectivity index (χ2v) is 4.78. The summed E-state index contributed by atoms with van der Waals surface area (Å²) in [6.07, 6.45) is 6.33. The molecule has 1 saturated carbocycles. The van der Waals surface area contributed by atoms with Crippen LogP contribution in [0.2, 0.25) is 0 Å². The van der Waals surface area contributed by atoms with Gasteiger partial charge in [0.25, 0.3) is 5.97 Å². The molecule has 1 aliphatic rings. The van der Waals surface area contributed by atoms with Gasteiger partial charge < -0.3 is 14.9 Å². The summed E-state index contributed by atoms with van der Waals surface area (Å²) in [5, 5.41) is 17.3. The molecule has 0 bridgehead atoms. The minimum atomic E-state index is -0.833. The van der Waals surface area contributed by atoms with Crippen molar-refractivity contribution in [3.8, 4) is 11.5 Å². The van der Waals surface area contributed by atoms with Crippen molar-refractivity contribution in [3.05, 3.63) is 23.8 Å². The van der Waals surface area contributed by atoms with Gasteiger partial charge in [0.15, 0.2) is 0 Å². The lowest BCUT2D eigenvalue weighted by Gasteiger charge is -2.22. The molecule has 1 aromatic carbocycles. The van der Waals surface area contributed by atoms with Crippen LogP contribution in [0.3, 0.4) is 0 Å². The average molecular weight is 266 g/mol. The van der Waals surface area contributed by atoms with E-state index in [0.717, 1.165) is 18.2 Å². The molecule has 1 aliphatic carbocycles. The first-order valence-electron chi connectivity index (χ1n) is 6.61. The summed E-state index contributed by atoms with van der Waals surface area (Å²) in [7, 11) is 1.62. The zero-order valence-electron chi connectivity index (χ0n) is 11.6. The average Bonchev–Trinajstić information content (AvgIpc) is 2.39. The Labute approximate surface area is 114 Å². The smallest absolute Gasteiger partial charge is 0.300 e. The Kier molecular flexibility index (Phi) is 6.19. The number of carboxylic acids is 1. The van der Waals surface area contributed by atoms with Crippen LogP contribution in [0.25, 0.3) is 0 Å². The van der Waals surface area contributed by atoms with Crippen LogP contribution in [-0.2, 0) is 4.79 Å². The van der Waals surface area contributed by atoms with E-state index in [0.29, 0.717) is 11.7 Å². The van der Waals surface area contributed by atoms with Crippen LogP contribution in [-0.4, -0.2) is 23.3 Å². The van der Waals surface area contributed by atoms with Gasteiger partial charge in [-0.1, -0.05) is 25.3 Å². The van der Waals surface area contributed by atoms with Gasteiger partial charge in [-0.2, -0.15) is 0 Å². The molecule has 19 heavy (non-hydrogen) atoms. The highest BCUT2D eigenvalue weighted by atomic mass is 16.5. The number of carboxylic acid groups (broad SMARTS) is 1. The fourth-order valence-corrected chi connectivity index (χ4v) is 2.41. The van der Waals surface area contributed by atoms with Crippen molar-refractivity contribution in [2.24, 2.45) is 0 Å². The highest BCUT2D eigenvalue weighted by molar-refractivity contribution is 5.62. The topological polar surface area (TPSA) is 66.8 Å². The largest absolute Gasteiger partial charge is 0.508 e. The van der Waals surface area contributed by atoms with E-state index in [9.17, 15) is 5.11 Å². The first kappa shape index (κ1) is 15.3. The zero-order chi connectivity index (χ0) is 14.3. The zero-order valence-corrected chi connectivity index (χ0v) is 11.6. The number of benzene rings is 1. The van der Waals surface area contributed by atoms with Crippen molar-refractivity contribution in [2.45, 2.75) is 44.9 Å². The summed E-state index contributed by atoms with van der Waals surface area (Å²) in [6, 6.07) is 5.65. The summed E-state index contributed by atoms with van der Waals surface area (Å²) in [6.45, 7) is 1.08. The van der Waals surface area contributed by atoms with Gasteiger partial charge in [-0.25, -0.2) is 0 Å². The SMILES string of the molecule is CC(=O)O.COc1ccc(C2CCCCC2)c(O)c1. The summed E-state index contributed by atoms with van der Waals surface area (Å²) >= 11 is 0. The number of aromatic hydroxyl groups is 1. The third-order valence-corrected chi connectivity index (χ3v) is 3.28. The lowest BCUT2D eigenvalue weighted by Crippen LogP contribution is -2.04. The minimum Gasteiger partial charge on any atom is -0.508 e. The van der Waals surface area contributed by atoms with Gasteiger partial charge in [0.05, 0.1) is 7.11 Å². The Bertz CT molecular complexity index is 405. The van der Waals surface area contributed by atoms with Gasteiger partial charge >= 0.3 is 0 Å². The van der Waals surface area contributed by atoms with Crippen molar-refractivity contribution in [3.63, 3.8) is 0 Å². The van der Waals surface area contributed by atoms with Gasteiger partial charge in [0.1, 0.15) is 11.5 Å². The number of methoxy groups -OCH3 is 1. The van der Waals surface area contributed by atoms with Crippen LogP contribution in [0.4, 0.5) is 0 Å². The Hall–Kier alpha value is -1.71. The maximum Gasteiger partial charge on any atom is 0.300 e. The lowest BCUT2D eigenvalue weighted by molar-refractivity contribution is -0.134. The molecule has 0 atom stereocenters. The van der Waals surface area contributed by atoms with E-state index in [-0.39, 0.29) is 0 Å². The molecule has 0 radical (unpaired) electrons. The number of phenolic OH excluding ortho intramolecular Hbond substituents is 1. The van der Waals surface area contributed by atoms with Crippen LogP contribution in [0.15, 0.2) is 18.2 Å². The molecule has 4 heteroatoms. The van der Waals surface area contributed by atoms with E-state index in [1.165, 1.54) is 32.1 Å². The van der Waals surface area contributed by atoms with Gasteiger partial charge in [-0.05, 0) is 30.4 Å². The molecule has 0 unspecified atom stereocenters. The molecule has 2 N–H and O–H groups in total. The van der Waals surface area contributed by atoms with E-state index in [1.807, 2.05) is 12.1 Å². The van der Waals surface area contributed by atoms with Crippen LogP contribution >= 0.6 is 0 Å². The number of rotatable bonds is 2. The number of ether oxygens (including phenoxy) is 1. The first-order valence-corrected chi connectivity index (χ1v) is 6.61. The fraction of sp³-hybridized carbons (Fsp3) is 0.533. The number of aliphatic carboxylic acids is 1. The predicted octanol–water partition coefficient (Wildman–Crippen LogP) is 3.54. The van der Waals surface area contributed by atoms with Crippen LogP contribution in [0.5, 0.6) is 11.5 Å². The molecule has 0 aliphatic heterocycles. The van der Waals surface area contributed by atoms with E-state index in [4.69, 9.17) is 14.6 Å². The van der Waals surface area contributed by atoms with Crippen LogP contribution in [0.1, 0.15) is 50.5 Å². The molecule has 106 valence electrons. The van der Waals surface area contributed by atoms with Crippen molar-refractivity contribution >= 4 is 5.97 Å². The van der Waals surface area contributed by atoms with Gasteiger partial charge in [0.2, 0.25) is 0 Å². The van der Waals surface area contributed by atoms with Crippen LogP contribution in [0, 0.1) is 0 Å². The molecule has 2 rings (SSSR count). The Morgan fingerprint density at radius 3 is 2.32 bits per heavy atom. The summed E-state index contributed by atoms with van der Waals surface area (Å²) < 4.78 is 5.08. The maximum atomic E-state index is 9.89. The standard InChI is InChI=1S/C13H18O2.C2H4O2/c1-15-11-7-8-12(13(14)9-11)10-5-3-2-4-6-10;1-2(3)4/h7-10,14H,2-6H2,1H3;1H3,(H,3,4). The molecule has 0 aromatic heterocycles. The van der Waals surface area contributed by atoms with E-state index < -0.39 is 5.97 Å². The number of phenols is 1. The molecule has 0 amide bonds. The molecule has 0 saturated heterocycles. The van der Waals surface area contributed by atoms with Crippen molar-refractivity contribution in [2.75, 3.05) is 7.11 Å². The number of hydrogen-bond donors (Lipinski definition) is 2. The van der Waals surface area contributed by atoms with Gasteiger partial charge in [-0.15, -0.1) is 0 Å². The van der Waals surface area contributed by atoms with Gasteiger partial charge in [-0.3, -0.25) is 4.79 Å². The van der Waals surface area contributed by atoms with Crippen molar-refractivity contribution in [1.82, 2.24) is 0 Å². The second kappa shape index (κ2) is 7.67. The summed E-state index contributed by atoms with van der Waals surface area (Å²) in [5.74, 6) is 0.831. The number of hydrogen-bond acceptors (Lipinski definition) is 3. The Morgan fingerprint density at radius 2 is 1.84 bits per heavy atom. The third kappa shape index (κ3) is 5.20. The molecule has 1 aromatic rings. The second-order valence-electron chi connectivity index (χ2n) is 4.78. The highest BCUT2D eigenvalue weighted by Gasteiger charge is 2.18. The lowest BCUT2D eigenvalue weighted by atomic mass is 9.84. The van der Waals surface area contributed by atoms with Crippen molar-refractivity contribution < 1.29 is 19.7 Å². The monoisotopic (exact) mass is 266 g/mol. The molecular formula is C15H22O4. The summed E-state index contributed by atoms with van der Waals surface area (Å²) in [4.78, 5) is 9.00. The fourth-order valence-electron chi connectivity index (χ4n) is 2.41. The quantitative estimate of drug-likeness (QED) is 0.859. The molecule has 0 heterocycles. The van der Waals surface area contributed by atoms with Crippen molar-refractivity contribution in [1.29, 1.82) is 0 Å². The maximum absolute atomic E-state index is 9.89. The van der Waals surface area contributed by atoms with E-state index in [2.05, 4.69) is 0 Å². The molecular weight excluding hydrogens is 244 g/mol. The Balaban J connectivity index is 0.000000399. The third-order valence-electron chi connectivity index (χ3n) is 3.28. The van der Waals surface area contributed by atoms with E-state index in [1.54, 1.807) is 13.2 Å². The van der Waals surface area contributed by atoms with Gasteiger partial charge in [0, 0.05) is 13.0 Å². The molecule has 0 spiro atoms. The predicted molar refractivity (Wildman–Crippen MR) is 73.8 cm³/mol. The van der Waals surface area contributed by atoms with Crippen LogP contribution < -0.4 is 4.74 Å². The minimum absolute atomic E-state index is 0.390. The molecule has 1 fully saturated rings.